The van der Waals surface area contributed by atoms with E-state index in [1.807, 2.05) is 0 Å². The van der Waals surface area contributed by atoms with Crippen LogP contribution in [0, 0.1) is 10.8 Å². The Morgan fingerprint density at radius 3 is 1.73 bits per heavy atom. The molecule has 0 heterocycles. The first kappa shape index (κ1) is 14.9. The van der Waals surface area contributed by atoms with Crippen LogP contribution in [-0.2, 0) is 0 Å². The van der Waals surface area contributed by atoms with Crippen LogP contribution in [0.4, 0.5) is 0 Å². The summed E-state index contributed by atoms with van der Waals surface area (Å²) >= 11 is 0. The van der Waals surface area contributed by atoms with E-state index < -0.39 is 0 Å². The predicted octanol–water partition coefficient (Wildman–Crippen LogP) is 2.81. The van der Waals surface area contributed by atoms with Crippen molar-refractivity contribution in [2.24, 2.45) is 10.8 Å². The van der Waals surface area contributed by atoms with Crippen molar-refractivity contribution in [2.45, 2.75) is 60.4 Å². The summed E-state index contributed by atoms with van der Waals surface area (Å²) in [6.45, 7) is 16.9. The van der Waals surface area contributed by atoms with Crippen molar-refractivity contribution in [3.63, 3.8) is 0 Å². The maximum Gasteiger partial charge on any atom is 0.0448 e. The Hall–Kier alpha value is -0.0800. The summed E-state index contributed by atoms with van der Waals surface area (Å²) in [5, 5.41) is 12.5. The Kier molecular flexibility index (Phi) is 4.81. The molecular formula is C13H29NO. The number of aliphatic hydroxyl groups is 1. The highest BCUT2D eigenvalue weighted by molar-refractivity contribution is 4.88. The van der Waals surface area contributed by atoms with Crippen LogP contribution in [-0.4, -0.2) is 23.8 Å². The van der Waals surface area contributed by atoms with Crippen LogP contribution in [0.5, 0.6) is 0 Å². The normalized spacial score (nSPS) is 14.4. The highest BCUT2D eigenvalue weighted by Gasteiger charge is 2.33. The third-order valence-corrected chi connectivity index (χ3v) is 3.78. The number of aliphatic hydroxyl groups excluding tert-OH is 1. The van der Waals surface area contributed by atoms with Gasteiger partial charge in [0.2, 0.25) is 0 Å². The van der Waals surface area contributed by atoms with Gasteiger partial charge in [-0.05, 0) is 31.1 Å². The van der Waals surface area contributed by atoms with E-state index in [1.54, 1.807) is 0 Å². The lowest BCUT2D eigenvalue weighted by atomic mass is 9.69. The van der Waals surface area contributed by atoms with Crippen LogP contribution in [0.3, 0.4) is 0 Å². The zero-order chi connectivity index (χ0) is 12.3. The summed E-state index contributed by atoms with van der Waals surface area (Å²) in [6.07, 6.45) is 0.799. The minimum Gasteiger partial charge on any atom is -0.396 e. The molecule has 0 aliphatic carbocycles. The van der Waals surface area contributed by atoms with Gasteiger partial charge in [0, 0.05) is 18.7 Å². The first-order valence-corrected chi connectivity index (χ1v) is 5.88. The van der Waals surface area contributed by atoms with Gasteiger partial charge in [0.15, 0.2) is 0 Å². The van der Waals surface area contributed by atoms with Crippen molar-refractivity contribution in [3.8, 4) is 0 Å². The lowest BCUT2D eigenvalue weighted by Crippen LogP contribution is -2.48. The monoisotopic (exact) mass is 215 g/mol. The molecule has 0 saturated heterocycles. The van der Waals surface area contributed by atoms with E-state index in [2.05, 4.69) is 53.8 Å². The van der Waals surface area contributed by atoms with Crippen LogP contribution < -0.4 is 5.32 Å². The van der Waals surface area contributed by atoms with E-state index in [-0.39, 0.29) is 23.0 Å². The standard InChI is InChI=1S/C13H29NO/c1-11(2,3)12(4,5)10-14-13(6,7)8-9-15/h14-15H,8-10H2,1-7H3. The van der Waals surface area contributed by atoms with Gasteiger partial charge in [0.05, 0.1) is 0 Å². The predicted molar refractivity (Wildman–Crippen MR) is 67.0 cm³/mol. The Labute approximate surface area is 95.5 Å². The van der Waals surface area contributed by atoms with Crippen LogP contribution in [0.15, 0.2) is 0 Å². The average Bonchev–Trinajstić information content (AvgIpc) is 1.99. The highest BCUT2D eigenvalue weighted by atomic mass is 16.3. The van der Waals surface area contributed by atoms with E-state index >= 15 is 0 Å². The lowest BCUT2D eigenvalue weighted by molar-refractivity contribution is 0.111. The van der Waals surface area contributed by atoms with E-state index in [9.17, 15) is 0 Å². The van der Waals surface area contributed by atoms with Crippen molar-refractivity contribution < 1.29 is 5.11 Å². The second-order valence-electron chi connectivity index (χ2n) is 6.84. The number of hydrogen-bond donors (Lipinski definition) is 2. The van der Waals surface area contributed by atoms with Crippen LogP contribution in [0.2, 0.25) is 0 Å². The van der Waals surface area contributed by atoms with Gasteiger partial charge in [-0.15, -0.1) is 0 Å². The fourth-order valence-corrected chi connectivity index (χ4v) is 1.09. The lowest BCUT2D eigenvalue weighted by Gasteiger charge is -2.41. The molecule has 0 radical (unpaired) electrons. The van der Waals surface area contributed by atoms with E-state index in [4.69, 9.17) is 5.11 Å². The molecule has 92 valence electrons. The minimum atomic E-state index is 0.0251. The SMILES string of the molecule is CC(C)(CCO)NCC(C)(C)C(C)(C)C. The van der Waals surface area contributed by atoms with Gasteiger partial charge in [-0.25, -0.2) is 0 Å². The molecular weight excluding hydrogens is 186 g/mol. The van der Waals surface area contributed by atoms with Gasteiger partial charge in [-0.3, -0.25) is 0 Å². The number of nitrogens with one attached hydrogen (secondary N) is 1. The maximum atomic E-state index is 8.95. The second kappa shape index (κ2) is 4.84. The molecule has 0 saturated carbocycles. The molecule has 0 aliphatic heterocycles. The van der Waals surface area contributed by atoms with Gasteiger partial charge < -0.3 is 10.4 Å². The second-order valence-corrected chi connectivity index (χ2v) is 6.84. The number of hydrogen-bond acceptors (Lipinski definition) is 2. The van der Waals surface area contributed by atoms with Crippen molar-refractivity contribution in [3.05, 3.63) is 0 Å². The molecule has 2 nitrogen and oxygen atoms in total. The summed E-state index contributed by atoms with van der Waals surface area (Å²) in [4.78, 5) is 0. The fraction of sp³-hybridized carbons (Fsp3) is 1.00. The third-order valence-electron chi connectivity index (χ3n) is 3.78. The maximum absolute atomic E-state index is 8.95. The molecule has 0 aromatic heterocycles. The molecule has 0 aromatic rings. The van der Waals surface area contributed by atoms with E-state index in [0.29, 0.717) is 0 Å². The van der Waals surface area contributed by atoms with Gasteiger partial charge in [-0.1, -0.05) is 34.6 Å². The van der Waals surface area contributed by atoms with Gasteiger partial charge >= 0.3 is 0 Å². The molecule has 0 aromatic carbocycles. The molecule has 0 aliphatic rings. The van der Waals surface area contributed by atoms with Gasteiger partial charge in [0.1, 0.15) is 0 Å². The summed E-state index contributed by atoms with van der Waals surface area (Å²) < 4.78 is 0. The first-order chi connectivity index (χ1) is 6.52. The fourth-order valence-electron chi connectivity index (χ4n) is 1.09. The van der Waals surface area contributed by atoms with Crippen molar-refractivity contribution >= 4 is 0 Å². The van der Waals surface area contributed by atoms with Crippen molar-refractivity contribution in [2.75, 3.05) is 13.2 Å². The molecule has 0 unspecified atom stereocenters. The van der Waals surface area contributed by atoms with Gasteiger partial charge in [0.25, 0.3) is 0 Å². The molecule has 2 heteroatoms. The zero-order valence-corrected chi connectivity index (χ0v) is 11.6. The molecule has 0 fully saturated rings. The minimum absolute atomic E-state index is 0.0251. The zero-order valence-electron chi connectivity index (χ0n) is 11.6. The summed E-state index contributed by atoms with van der Waals surface area (Å²) in [5.74, 6) is 0. The third kappa shape index (κ3) is 4.98. The Morgan fingerprint density at radius 1 is 0.933 bits per heavy atom. The molecule has 0 amide bonds. The van der Waals surface area contributed by atoms with E-state index in [1.165, 1.54) is 0 Å². The summed E-state index contributed by atoms with van der Waals surface area (Å²) in [7, 11) is 0. The molecule has 0 bridgehead atoms. The smallest absolute Gasteiger partial charge is 0.0448 e. The molecule has 0 rings (SSSR count). The molecule has 15 heavy (non-hydrogen) atoms. The average molecular weight is 215 g/mol. The first-order valence-electron chi connectivity index (χ1n) is 5.88. The summed E-state index contributed by atoms with van der Waals surface area (Å²) in [5.41, 5.74) is 0.562. The Balaban J connectivity index is 4.26. The van der Waals surface area contributed by atoms with E-state index in [0.717, 1.165) is 13.0 Å². The molecule has 0 spiro atoms. The van der Waals surface area contributed by atoms with Gasteiger partial charge in [-0.2, -0.15) is 0 Å². The Morgan fingerprint density at radius 2 is 1.40 bits per heavy atom. The summed E-state index contributed by atoms with van der Waals surface area (Å²) in [6, 6.07) is 0. The molecule has 0 atom stereocenters. The van der Waals surface area contributed by atoms with Crippen LogP contribution in [0.25, 0.3) is 0 Å². The van der Waals surface area contributed by atoms with Crippen LogP contribution >= 0.6 is 0 Å². The van der Waals surface area contributed by atoms with Crippen LogP contribution in [0.1, 0.15) is 54.9 Å². The molecule has 2 N–H and O–H groups in total. The van der Waals surface area contributed by atoms with Crippen molar-refractivity contribution in [1.82, 2.24) is 5.32 Å². The highest BCUT2D eigenvalue weighted by Crippen LogP contribution is 2.37. The Bertz CT molecular complexity index is 189. The number of rotatable bonds is 5. The van der Waals surface area contributed by atoms with Crippen molar-refractivity contribution in [1.29, 1.82) is 0 Å². The topological polar surface area (TPSA) is 32.3 Å². The largest absolute Gasteiger partial charge is 0.396 e. The quantitative estimate of drug-likeness (QED) is 0.739.